The van der Waals surface area contributed by atoms with E-state index in [1.807, 2.05) is 0 Å². The van der Waals surface area contributed by atoms with Gasteiger partial charge in [0, 0.05) is 39.2 Å². The molecular weight excluding hydrogens is 395 g/mol. The molecule has 1 amide bonds. The fourth-order valence-electron chi connectivity index (χ4n) is 2.45. The smallest absolute Gasteiger partial charge is 0.220 e. The van der Waals surface area contributed by atoms with E-state index in [1.165, 1.54) is 0 Å². The topological polar surface area (TPSA) is 74.8 Å². The van der Waals surface area contributed by atoms with Crippen LogP contribution < -0.4 is 16.0 Å². The summed E-state index contributed by atoms with van der Waals surface area (Å²) in [5.74, 6) is 0.934. The highest BCUT2D eigenvalue weighted by Crippen LogP contribution is 2.23. The van der Waals surface area contributed by atoms with Crippen LogP contribution in [0.1, 0.15) is 45.4 Å². The number of ether oxygens (including phenoxy) is 1. The molecule has 0 bridgehead atoms. The number of nitrogens with one attached hydrogen (secondary N) is 3. The highest BCUT2D eigenvalue weighted by Gasteiger charge is 2.29. The Morgan fingerprint density at radius 3 is 2.73 bits per heavy atom. The molecule has 1 aliphatic heterocycles. The first-order valence-electron chi connectivity index (χ1n) is 7.99. The van der Waals surface area contributed by atoms with Crippen LogP contribution in [0.5, 0.6) is 0 Å². The predicted molar refractivity (Wildman–Crippen MR) is 98.8 cm³/mol. The monoisotopic (exact) mass is 424 g/mol. The first-order chi connectivity index (χ1) is 10.1. The van der Waals surface area contributed by atoms with E-state index >= 15 is 0 Å². The number of halogens is 1. The van der Waals surface area contributed by atoms with Gasteiger partial charge in [0.15, 0.2) is 5.96 Å². The third-order valence-electron chi connectivity index (χ3n) is 3.97. The molecule has 7 heteroatoms. The van der Waals surface area contributed by atoms with E-state index in [4.69, 9.17) is 4.74 Å². The van der Waals surface area contributed by atoms with E-state index in [2.05, 4.69) is 27.9 Å². The number of guanidine groups is 1. The van der Waals surface area contributed by atoms with E-state index in [0.29, 0.717) is 12.5 Å². The Labute approximate surface area is 150 Å². The van der Waals surface area contributed by atoms with Crippen LogP contribution in [0.2, 0.25) is 0 Å². The van der Waals surface area contributed by atoms with Gasteiger partial charge in [0.1, 0.15) is 0 Å². The van der Waals surface area contributed by atoms with Crippen LogP contribution in [0.3, 0.4) is 0 Å². The van der Waals surface area contributed by atoms with Gasteiger partial charge < -0.3 is 20.7 Å². The van der Waals surface area contributed by atoms with Crippen LogP contribution in [0.15, 0.2) is 4.99 Å². The van der Waals surface area contributed by atoms with E-state index < -0.39 is 0 Å². The Hall–Kier alpha value is -0.570. The fraction of sp³-hybridized carbons (Fsp3) is 0.867. The summed E-state index contributed by atoms with van der Waals surface area (Å²) in [6.07, 6.45) is 5.87. The Kier molecular flexibility index (Phi) is 8.45. The minimum Gasteiger partial charge on any atom is -0.373 e. The van der Waals surface area contributed by atoms with E-state index in [9.17, 15) is 4.79 Å². The predicted octanol–water partition coefficient (Wildman–Crippen LogP) is 1.40. The van der Waals surface area contributed by atoms with Crippen LogP contribution in [-0.2, 0) is 9.53 Å². The number of carbonyl (C=O) groups excluding carboxylic acids is 1. The maximum Gasteiger partial charge on any atom is 0.220 e. The van der Waals surface area contributed by atoms with Crippen LogP contribution in [-0.4, -0.2) is 50.3 Å². The molecule has 0 radical (unpaired) electrons. The largest absolute Gasteiger partial charge is 0.373 e. The number of aliphatic imine (C=N–C) groups is 1. The maximum atomic E-state index is 11.5. The molecule has 1 unspecified atom stereocenters. The number of hydrogen-bond donors (Lipinski definition) is 3. The molecule has 1 saturated carbocycles. The molecule has 2 rings (SSSR count). The average Bonchev–Trinajstić information content (AvgIpc) is 3.17. The first kappa shape index (κ1) is 19.5. The number of nitrogens with zero attached hydrogens (tertiary/aromatic N) is 1. The summed E-state index contributed by atoms with van der Waals surface area (Å²) >= 11 is 0. The van der Waals surface area contributed by atoms with Crippen LogP contribution >= 0.6 is 24.0 Å². The van der Waals surface area contributed by atoms with E-state index in [0.717, 1.165) is 57.8 Å². The van der Waals surface area contributed by atoms with Gasteiger partial charge in [0.2, 0.25) is 5.91 Å². The second-order valence-corrected chi connectivity index (χ2v) is 6.20. The van der Waals surface area contributed by atoms with Crippen molar-refractivity contribution in [2.45, 2.75) is 57.1 Å². The highest BCUT2D eigenvalue weighted by molar-refractivity contribution is 14.0. The lowest BCUT2D eigenvalue weighted by Crippen LogP contribution is -2.45. The molecule has 1 aliphatic carbocycles. The quantitative estimate of drug-likeness (QED) is 0.250. The van der Waals surface area contributed by atoms with Crippen LogP contribution in [0.4, 0.5) is 0 Å². The molecular formula is C15H29IN4O2. The minimum atomic E-state index is -0.0816. The second kappa shape index (κ2) is 9.54. The standard InChI is InChI=1S/C15H28N4O2.HI/c1-15(8-4-10-21-15)11-18-14(16-2)17-9-3-5-13(20)19-12-6-7-12;/h12H,3-11H2,1-2H3,(H,19,20)(H2,16,17,18);1H. The van der Waals surface area contributed by atoms with Gasteiger partial charge in [-0.2, -0.15) is 0 Å². The SMILES string of the molecule is CN=C(NCCCC(=O)NC1CC1)NCC1(C)CCCO1.I. The zero-order chi connectivity index (χ0) is 15.1. The molecule has 0 spiro atoms. The number of rotatable bonds is 7. The molecule has 0 aromatic carbocycles. The van der Waals surface area contributed by atoms with Gasteiger partial charge in [-0.1, -0.05) is 0 Å². The summed E-state index contributed by atoms with van der Waals surface area (Å²) < 4.78 is 5.74. The minimum absolute atomic E-state index is 0. The van der Waals surface area contributed by atoms with Gasteiger partial charge in [-0.05, 0) is 39.0 Å². The summed E-state index contributed by atoms with van der Waals surface area (Å²) in [6.45, 7) is 4.48. The van der Waals surface area contributed by atoms with E-state index in [-0.39, 0.29) is 35.5 Å². The molecule has 1 saturated heterocycles. The van der Waals surface area contributed by atoms with Crippen molar-refractivity contribution in [3.8, 4) is 0 Å². The normalized spacial score (nSPS) is 24.5. The molecule has 1 atom stereocenters. The summed E-state index contributed by atoms with van der Waals surface area (Å²) in [4.78, 5) is 15.7. The van der Waals surface area contributed by atoms with Gasteiger partial charge in [-0.25, -0.2) is 0 Å². The van der Waals surface area contributed by atoms with Gasteiger partial charge in [0.05, 0.1) is 5.60 Å². The van der Waals surface area contributed by atoms with E-state index in [1.54, 1.807) is 7.05 Å². The molecule has 1 heterocycles. The van der Waals surface area contributed by atoms with Gasteiger partial charge >= 0.3 is 0 Å². The molecule has 22 heavy (non-hydrogen) atoms. The van der Waals surface area contributed by atoms with Gasteiger partial charge in [-0.3, -0.25) is 9.79 Å². The number of carbonyl (C=O) groups is 1. The summed E-state index contributed by atoms with van der Waals surface area (Å²) in [7, 11) is 1.76. The number of hydrogen-bond acceptors (Lipinski definition) is 3. The molecule has 3 N–H and O–H groups in total. The summed E-state index contributed by atoms with van der Waals surface area (Å²) in [5, 5.41) is 9.53. The molecule has 0 aromatic heterocycles. The van der Waals surface area contributed by atoms with Gasteiger partial charge in [0.25, 0.3) is 0 Å². The van der Waals surface area contributed by atoms with Crippen LogP contribution in [0, 0.1) is 0 Å². The van der Waals surface area contributed by atoms with Crippen molar-refractivity contribution in [3.05, 3.63) is 0 Å². The Balaban J connectivity index is 0.00000242. The van der Waals surface area contributed by atoms with Crippen molar-refractivity contribution in [2.24, 2.45) is 4.99 Å². The van der Waals surface area contributed by atoms with Gasteiger partial charge in [-0.15, -0.1) is 24.0 Å². The molecule has 128 valence electrons. The lowest BCUT2D eigenvalue weighted by molar-refractivity contribution is -0.121. The Bertz CT molecular complexity index is 380. The molecule has 2 aliphatic rings. The molecule has 0 aromatic rings. The zero-order valence-electron chi connectivity index (χ0n) is 13.6. The van der Waals surface area contributed by atoms with Crippen molar-refractivity contribution < 1.29 is 9.53 Å². The molecule has 6 nitrogen and oxygen atoms in total. The Morgan fingerprint density at radius 1 is 1.36 bits per heavy atom. The highest BCUT2D eigenvalue weighted by atomic mass is 127. The lowest BCUT2D eigenvalue weighted by atomic mass is 10.0. The third kappa shape index (κ3) is 7.13. The van der Waals surface area contributed by atoms with Crippen molar-refractivity contribution in [1.29, 1.82) is 0 Å². The summed E-state index contributed by atoms with van der Waals surface area (Å²) in [5.41, 5.74) is -0.0816. The fourth-order valence-corrected chi connectivity index (χ4v) is 2.45. The third-order valence-corrected chi connectivity index (χ3v) is 3.97. The second-order valence-electron chi connectivity index (χ2n) is 6.20. The van der Waals surface area contributed by atoms with Crippen molar-refractivity contribution in [1.82, 2.24) is 16.0 Å². The Morgan fingerprint density at radius 2 is 2.14 bits per heavy atom. The lowest BCUT2D eigenvalue weighted by Gasteiger charge is -2.24. The maximum absolute atomic E-state index is 11.5. The molecule has 2 fully saturated rings. The van der Waals surface area contributed by atoms with Crippen molar-refractivity contribution in [2.75, 3.05) is 26.7 Å². The van der Waals surface area contributed by atoms with Crippen LogP contribution in [0.25, 0.3) is 0 Å². The average molecular weight is 424 g/mol. The van der Waals surface area contributed by atoms with Crippen molar-refractivity contribution >= 4 is 35.8 Å². The van der Waals surface area contributed by atoms with Crippen molar-refractivity contribution in [3.63, 3.8) is 0 Å². The zero-order valence-corrected chi connectivity index (χ0v) is 15.9. The first-order valence-corrected chi connectivity index (χ1v) is 7.99. The number of amides is 1. The summed E-state index contributed by atoms with van der Waals surface area (Å²) in [6, 6.07) is 0.451.